The minimum absolute atomic E-state index is 0.189. The molecule has 1 saturated carbocycles. The number of halogens is 1. The van der Waals surface area contributed by atoms with Crippen LogP contribution in [0.15, 0.2) is 29.3 Å². The normalized spacial score (nSPS) is 16.5. The highest BCUT2D eigenvalue weighted by Crippen LogP contribution is 2.34. The van der Waals surface area contributed by atoms with Crippen molar-refractivity contribution < 1.29 is 4.39 Å². The van der Waals surface area contributed by atoms with Gasteiger partial charge in [-0.15, -0.1) is 0 Å². The van der Waals surface area contributed by atoms with Crippen molar-refractivity contribution in [1.82, 2.24) is 15.5 Å². The summed E-state index contributed by atoms with van der Waals surface area (Å²) in [5.41, 5.74) is 1.12. The number of likely N-dealkylation sites (N-methyl/N-ethyl adjacent to an activating group) is 1. The maximum absolute atomic E-state index is 12.9. The molecule has 1 fully saturated rings. The third kappa shape index (κ3) is 6.18. The van der Waals surface area contributed by atoms with E-state index in [4.69, 9.17) is 4.99 Å². The Labute approximate surface area is 139 Å². The van der Waals surface area contributed by atoms with Gasteiger partial charge in [0, 0.05) is 19.1 Å². The molecule has 0 saturated heterocycles. The molecule has 0 spiro atoms. The van der Waals surface area contributed by atoms with Crippen LogP contribution in [0.25, 0.3) is 0 Å². The average molecular weight is 320 g/mol. The van der Waals surface area contributed by atoms with Crippen LogP contribution in [-0.4, -0.2) is 50.6 Å². The van der Waals surface area contributed by atoms with Crippen molar-refractivity contribution in [2.45, 2.75) is 32.2 Å². The van der Waals surface area contributed by atoms with Gasteiger partial charge in [-0.1, -0.05) is 12.1 Å². The molecule has 1 atom stereocenters. The van der Waals surface area contributed by atoms with E-state index in [0.29, 0.717) is 6.04 Å². The summed E-state index contributed by atoms with van der Waals surface area (Å²) in [5, 5.41) is 6.66. The van der Waals surface area contributed by atoms with Crippen LogP contribution in [0.1, 0.15) is 25.3 Å². The smallest absolute Gasteiger partial charge is 0.191 e. The summed E-state index contributed by atoms with van der Waals surface area (Å²) in [5.74, 6) is 1.48. The zero-order chi connectivity index (χ0) is 16.7. The number of guanidine groups is 1. The predicted molar refractivity (Wildman–Crippen MR) is 94.3 cm³/mol. The number of benzene rings is 1. The molecule has 128 valence electrons. The number of hydrogen-bond acceptors (Lipinski definition) is 2. The molecule has 0 radical (unpaired) electrons. The number of nitrogens with one attached hydrogen (secondary N) is 2. The van der Waals surface area contributed by atoms with Gasteiger partial charge in [0.15, 0.2) is 5.96 Å². The Morgan fingerprint density at radius 1 is 1.26 bits per heavy atom. The highest BCUT2D eigenvalue weighted by atomic mass is 19.1. The molecule has 0 amide bonds. The van der Waals surface area contributed by atoms with Crippen molar-refractivity contribution in [3.63, 3.8) is 0 Å². The third-order valence-corrected chi connectivity index (χ3v) is 4.23. The van der Waals surface area contributed by atoms with Crippen molar-refractivity contribution in [1.29, 1.82) is 0 Å². The van der Waals surface area contributed by atoms with Crippen LogP contribution in [-0.2, 0) is 6.42 Å². The average Bonchev–Trinajstić information content (AvgIpc) is 3.34. The Morgan fingerprint density at radius 3 is 2.52 bits per heavy atom. The van der Waals surface area contributed by atoms with Crippen LogP contribution in [0.3, 0.4) is 0 Å². The summed E-state index contributed by atoms with van der Waals surface area (Å²) < 4.78 is 12.9. The summed E-state index contributed by atoms with van der Waals surface area (Å²) in [6.45, 7) is 4.52. The lowest BCUT2D eigenvalue weighted by atomic mass is 10.1. The van der Waals surface area contributed by atoms with Crippen molar-refractivity contribution >= 4 is 5.96 Å². The van der Waals surface area contributed by atoms with Crippen LogP contribution in [0, 0.1) is 11.7 Å². The largest absolute Gasteiger partial charge is 0.357 e. The molecular weight excluding hydrogens is 291 g/mol. The molecule has 1 aromatic rings. The fraction of sp³-hybridized carbons (Fsp3) is 0.611. The van der Waals surface area contributed by atoms with Crippen LogP contribution >= 0.6 is 0 Å². The van der Waals surface area contributed by atoms with Gasteiger partial charge in [-0.25, -0.2) is 4.39 Å². The van der Waals surface area contributed by atoms with E-state index in [9.17, 15) is 4.39 Å². The molecule has 0 heterocycles. The van der Waals surface area contributed by atoms with Gasteiger partial charge in [0.25, 0.3) is 0 Å². The topological polar surface area (TPSA) is 39.7 Å². The van der Waals surface area contributed by atoms with Crippen LogP contribution in [0.4, 0.5) is 4.39 Å². The molecule has 1 aliphatic rings. The van der Waals surface area contributed by atoms with E-state index >= 15 is 0 Å². The lowest BCUT2D eigenvalue weighted by Crippen LogP contribution is -2.40. The van der Waals surface area contributed by atoms with Gasteiger partial charge in [0.1, 0.15) is 5.82 Å². The summed E-state index contributed by atoms with van der Waals surface area (Å²) >= 11 is 0. The Morgan fingerprint density at radius 2 is 1.96 bits per heavy atom. The standard InChI is InChI=1S/C18H29FN4/c1-4-20-18(22-13-17(23(2)3)15-7-8-15)21-12-11-14-5-9-16(19)10-6-14/h5-6,9-10,15,17H,4,7-8,11-13H2,1-3H3,(H2,20,21,22). The molecular formula is C18H29FN4. The first kappa shape index (κ1) is 17.7. The van der Waals surface area contributed by atoms with Crippen molar-refractivity contribution in [2.75, 3.05) is 33.7 Å². The fourth-order valence-corrected chi connectivity index (χ4v) is 2.72. The number of nitrogens with zero attached hydrogens (tertiary/aromatic N) is 2. The molecule has 2 N–H and O–H groups in total. The van der Waals surface area contributed by atoms with E-state index < -0.39 is 0 Å². The van der Waals surface area contributed by atoms with E-state index in [1.165, 1.54) is 25.0 Å². The van der Waals surface area contributed by atoms with Gasteiger partial charge < -0.3 is 15.5 Å². The molecule has 0 bridgehead atoms. The second-order valence-corrected chi connectivity index (χ2v) is 6.39. The molecule has 23 heavy (non-hydrogen) atoms. The predicted octanol–water partition coefficient (Wildman–Crippen LogP) is 2.26. The number of rotatable bonds is 8. The van der Waals surface area contributed by atoms with E-state index in [1.54, 1.807) is 0 Å². The van der Waals surface area contributed by atoms with Crippen LogP contribution in [0.2, 0.25) is 0 Å². The van der Waals surface area contributed by atoms with Gasteiger partial charge in [0.05, 0.1) is 6.54 Å². The van der Waals surface area contributed by atoms with Gasteiger partial charge in [-0.2, -0.15) is 0 Å². The van der Waals surface area contributed by atoms with Gasteiger partial charge in [-0.05, 0) is 63.9 Å². The fourth-order valence-electron chi connectivity index (χ4n) is 2.72. The van der Waals surface area contributed by atoms with Crippen molar-refractivity contribution in [2.24, 2.45) is 10.9 Å². The third-order valence-electron chi connectivity index (χ3n) is 4.23. The Hall–Kier alpha value is -1.62. The lowest BCUT2D eigenvalue weighted by molar-refractivity contribution is 0.271. The second kappa shape index (κ2) is 8.87. The molecule has 1 aromatic carbocycles. The summed E-state index contributed by atoms with van der Waals surface area (Å²) in [6.07, 6.45) is 3.50. The lowest BCUT2D eigenvalue weighted by Gasteiger charge is -2.23. The highest BCUT2D eigenvalue weighted by molar-refractivity contribution is 5.79. The van der Waals surface area contributed by atoms with Crippen LogP contribution < -0.4 is 10.6 Å². The minimum Gasteiger partial charge on any atom is -0.357 e. The number of aliphatic imine (C=N–C) groups is 1. The SMILES string of the molecule is CCNC(=NCC(C1CC1)N(C)C)NCCc1ccc(F)cc1. The Bertz CT molecular complexity index is 492. The maximum Gasteiger partial charge on any atom is 0.191 e. The number of hydrogen-bond donors (Lipinski definition) is 2. The Balaban J connectivity index is 1.82. The molecule has 1 aliphatic carbocycles. The summed E-state index contributed by atoms with van der Waals surface area (Å²) in [6, 6.07) is 7.20. The summed E-state index contributed by atoms with van der Waals surface area (Å²) in [4.78, 5) is 7.02. The van der Waals surface area contributed by atoms with Crippen LogP contribution in [0.5, 0.6) is 0 Å². The van der Waals surface area contributed by atoms with Crippen molar-refractivity contribution in [3.05, 3.63) is 35.6 Å². The highest BCUT2D eigenvalue weighted by Gasteiger charge is 2.32. The second-order valence-electron chi connectivity index (χ2n) is 6.39. The quantitative estimate of drug-likeness (QED) is 0.570. The molecule has 0 aromatic heterocycles. The van der Waals surface area contributed by atoms with E-state index in [-0.39, 0.29) is 5.82 Å². The van der Waals surface area contributed by atoms with Gasteiger partial charge in [-0.3, -0.25) is 4.99 Å². The van der Waals surface area contributed by atoms with E-state index in [0.717, 1.165) is 43.5 Å². The molecule has 5 heteroatoms. The first-order valence-corrected chi connectivity index (χ1v) is 8.53. The monoisotopic (exact) mass is 320 g/mol. The van der Waals surface area contributed by atoms with E-state index in [1.807, 2.05) is 12.1 Å². The summed E-state index contributed by atoms with van der Waals surface area (Å²) in [7, 11) is 4.26. The molecule has 0 aliphatic heterocycles. The first-order chi connectivity index (χ1) is 11.1. The van der Waals surface area contributed by atoms with E-state index in [2.05, 4.69) is 36.6 Å². The van der Waals surface area contributed by atoms with Gasteiger partial charge >= 0.3 is 0 Å². The molecule has 4 nitrogen and oxygen atoms in total. The van der Waals surface area contributed by atoms with Crippen molar-refractivity contribution in [3.8, 4) is 0 Å². The molecule has 1 unspecified atom stereocenters. The minimum atomic E-state index is -0.189. The van der Waals surface area contributed by atoms with Gasteiger partial charge in [0.2, 0.25) is 0 Å². The maximum atomic E-state index is 12.9. The Kier molecular flexibility index (Phi) is 6.84. The molecule has 2 rings (SSSR count). The zero-order valence-corrected chi connectivity index (χ0v) is 14.5. The zero-order valence-electron chi connectivity index (χ0n) is 14.5. The first-order valence-electron chi connectivity index (χ1n) is 8.53.